The number of amides is 1. The summed E-state index contributed by atoms with van der Waals surface area (Å²) < 4.78 is 0.763. The number of Topliss-reactive ketones (excluding diaryl/α,β-unsaturated/α-hetero) is 1. The molecule has 20 heavy (non-hydrogen) atoms. The number of fused-ring (bicyclic) bond motifs is 1. The molecule has 0 radical (unpaired) electrons. The minimum Gasteiger partial charge on any atom is -0.300 e. The summed E-state index contributed by atoms with van der Waals surface area (Å²) in [6.07, 6.45) is 1.58. The van der Waals surface area contributed by atoms with Crippen molar-refractivity contribution in [2.45, 2.75) is 6.54 Å². The van der Waals surface area contributed by atoms with E-state index in [9.17, 15) is 9.59 Å². The number of carbonyl (C=O) groups is 2. The van der Waals surface area contributed by atoms with E-state index in [0.717, 1.165) is 4.47 Å². The van der Waals surface area contributed by atoms with E-state index in [1.54, 1.807) is 36.5 Å². The fourth-order valence-corrected chi connectivity index (χ4v) is 2.68. The summed E-state index contributed by atoms with van der Waals surface area (Å²) in [4.78, 5) is 29.5. The van der Waals surface area contributed by atoms with Gasteiger partial charge in [-0.1, -0.05) is 33.6 Å². The summed E-state index contributed by atoms with van der Waals surface area (Å²) >= 11 is 9.30. The lowest BCUT2D eigenvalue weighted by Crippen LogP contribution is -2.29. The number of benzene rings is 1. The zero-order chi connectivity index (χ0) is 14.3. The smallest absolute Gasteiger partial charge is 0.299 e. The summed E-state index contributed by atoms with van der Waals surface area (Å²) in [6, 6.07) is 8.71. The number of nitrogens with zero attached hydrogens (tertiary/aromatic N) is 2. The van der Waals surface area contributed by atoms with Crippen LogP contribution in [0.5, 0.6) is 0 Å². The summed E-state index contributed by atoms with van der Waals surface area (Å²) in [7, 11) is 0. The molecule has 0 unspecified atom stereocenters. The lowest BCUT2D eigenvalue weighted by atomic mass is 10.1. The Balaban J connectivity index is 2.02. The predicted molar refractivity (Wildman–Crippen MR) is 78.9 cm³/mol. The van der Waals surface area contributed by atoms with Gasteiger partial charge in [0, 0.05) is 16.2 Å². The van der Waals surface area contributed by atoms with Crippen LogP contribution in [0.1, 0.15) is 15.9 Å². The molecule has 3 rings (SSSR count). The average Bonchev–Trinajstić information content (AvgIpc) is 2.66. The van der Waals surface area contributed by atoms with Crippen molar-refractivity contribution >= 4 is 44.9 Å². The van der Waals surface area contributed by atoms with Gasteiger partial charge in [0.2, 0.25) is 0 Å². The zero-order valence-electron chi connectivity index (χ0n) is 10.1. The number of halogens is 2. The van der Waals surface area contributed by atoms with E-state index < -0.39 is 11.7 Å². The van der Waals surface area contributed by atoms with Crippen molar-refractivity contribution in [1.29, 1.82) is 0 Å². The Hall–Kier alpha value is -1.72. The van der Waals surface area contributed by atoms with Crippen LogP contribution in [0.3, 0.4) is 0 Å². The Morgan fingerprint density at radius 2 is 2.05 bits per heavy atom. The summed E-state index contributed by atoms with van der Waals surface area (Å²) in [5, 5.41) is 0.332. The number of ketones is 1. The largest absolute Gasteiger partial charge is 0.300 e. The quantitative estimate of drug-likeness (QED) is 0.616. The molecule has 0 saturated heterocycles. The molecule has 100 valence electrons. The summed E-state index contributed by atoms with van der Waals surface area (Å²) in [5.41, 5.74) is 1.71. The molecule has 1 aliphatic rings. The van der Waals surface area contributed by atoms with Crippen molar-refractivity contribution < 1.29 is 9.59 Å². The van der Waals surface area contributed by atoms with Gasteiger partial charge in [-0.05, 0) is 24.3 Å². The van der Waals surface area contributed by atoms with E-state index in [4.69, 9.17) is 11.6 Å². The second kappa shape index (κ2) is 5.00. The van der Waals surface area contributed by atoms with Gasteiger partial charge in [0.1, 0.15) is 5.15 Å². The van der Waals surface area contributed by atoms with Crippen molar-refractivity contribution in [3.63, 3.8) is 0 Å². The fraction of sp³-hybridized carbons (Fsp3) is 0.0714. The molecule has 0 N–H and O–H groups in total. The van der Waals surface area contributed by atoms with Crippen molar-refractivity contribution in [2.24, 2.45) is 0 Å². The maximum absolute atomic E-state index is 12.1. The van der Waals surface area contributed by atoms with E-state index in [1.807, 2.05) is 0 Å². The first-order valence-corrected chi connectivity index (χ1v) is 7.00. The fourth-order valence-electron chi connectivity index (χ4n) is 2.14. The van der Waals surface area contributed by atoms with E-state index in [1.165, 1.54) is 4.90 Å². The molecule has 0 fully saturated rings. The van der Waals surface area contributed by atoms with Crippen LogP contribution in [-0.2, 0) is 11.3 Å². The first-order valence-electron chi connectivity index (χ1n) is 5.83. The van der Waals surface area contributed by atoms with Gasteiger partial charge >= 0.3 is 0 Å². The molecular formula is C14H8BrClN2O2. The van der Waals surface area contributed by atoms with Gasteiger partial charge in [0.25, 0.3) is 11.7 Å². The Labute approximate surface area is 128 Å². The molecule has 1 aliphatic heterocycles. The molecule has 1 aromatic carbocycles. The first kappa shape index (κ1) is 13.3. The number of aromatic nitrogens is 1. The Kier molecular flexibility index (Phi) is 3.31. The van der Waals surface area contributed by atoms with Crippen LogP contribution in [0, 0.1) is 0 Å². The van der Waals surface area contributed by atoms with Crippen molar-refractivity contribution in [3.8, 4) is 0 Å². The number of carbonyl (C=O) groups excluding carboxylic acids is 2. The van der Waals surface area contributed by atoms with Crippen LogP contribution in [-0.4, -0.2) is 16.7 Å². The van der Waals surface area contributed by atoms with E-state index in [-0.39, 0.29) is 6.54 Å². The molecule has 4 nitrogen and oxygen atoms in total. The van der Waals surface area contributed by atoms with E-state index in [0.29, 0.717) is 22.0 Å². The van der Waals surface area contributed by atoms with Gasteiger partial charge in [-0.2, -0.15) is 0 Å². The number of hydrogen-bond acceptors (Lipinski definition) is 3. The Morgan fingerprint density at radius 3 is 2.80 bits per heavy atom. The zero-order valence-corrected chi connectivity index (χ0v) is 12.5. The average molecular weight is 352 g/mol. The van der Waals surface area contributed by atoms with E-state index >= 15 is 0 Å². The van der Waals surface area contributed by atoms with Crippen LogP contribution in [0.2, 0.25) is 5.15 Å². The normalized spacial score (nSPS) is 13.8. The van der Waals surface area contributed by atoms with E-state index in [2.05, 4.69) is 20.9 Å². The highest BCUT2D eigenvalue weighted by Crippen LogP contribution is 2.33. The van der Waals surface area contributed by atoms with Crippen molar-refractivity contribution in [1.82, 2.24) is 4.98 Å². The molecule has 2 heterocycles. The second-order valence-corrected chi connectivity index (χ2v) is 5.61. The third kappa shape index (κ3) is 2.13. The number of pyridine rings is 1. The molecule has 0 atom stereocenters. The van der Waals surface area contributed by atoms with Gasteiger partial charge in [0.15, 0.2) is 0 Å². The van der Waals surface area contributed by atoms with Gasteiger partial charge in [-0.3, -0.25) is 9.59 Å². The minimum absolute atomic E-state index is 0.228. The third-order valence-corrected chi connectivity index (χ3v) is 3.93. The van der Waals surface area contributed by atoms with Crippen LogP contribution in [0.25, 0.3) is 0 Å². The van der Waals surface area contributed by atoms with Crippen LogP contribution >= 0.6 is 27.5 Å². The van der Waals surface area contributed by atoms with Gasteiger partial charge in [0.05, 0.1) is 17.8 Å². The van der Waals surface area contributed by atoms with Gasteiger partial charge in [-0.15, -0.1) is 0 Å². The maximum atomic E-state index is 12.1. The molecule has 2 aromatic rings. The second-order valence-electron chi connectivity index (χ2n) is 4.34. The topological polar surface area (TPSA) is 50.3 Å². The highest BCUT2D eigenvalue weighted by molar-refractivity contribution is 9.10. The molecule has 0 spiro atoms. The van der Waals surface area contributed by atoms with Crippen LogP contribution in [0.15, 0.2) is 41.0 Å². The number of rotatable bonds is 2. The third-order valence-electron chi connectivity index (χ3n) is 3.10. The Morgan fingerprint density at radius 1 is 1.25 bits per heavy atom. The molecule has 1 aromatic heterocycles. The highest BCUT2D eigenvalue weighted by atomic mass is 79.9. The van der Waals surface area contributed by atoms with Crippen molar-refractivity contribution in [2.75, 3.05) is 4.90 Å². The van der Waals surface area contributed by atoms with Gasteiger partial charge in [-0.25, -0.2) is 4.98 Å². The predicted octanol–water partition coefficient (Wildman–Crippen LogP) is 3.23. The highest BCUT2D eigenvalue weighted by Gasteiger charge is 2.36. The molecule has 1 amide bonds. The summed E-state index contributed by atoms with van der Waals surface area (Å²) in [5.74, 6) is -1.04. The molecule has 6 heteroatoms. The van der Waals surface area contributed by atoms with Crippen LogP contribution < -0.4 is 4.90 Å². The number of anilines is 1. The monoisotopic (exact) mass is 350 g/mol. The lowest BCUT2D eigenvalue weighted by molar-refractivity contribution is -0.114. The number of hydrogen-bond donors (Lipinski definition) is 0. The minimum atomic E-state index is -0.544. The maximum Gasteiger partial charge on any atom is 0.299 e. The first-order chi connectivity index (χ1) is 9.58. The Bertz CT molecular complexity index is 733. The molecule has 0 aliphatic carbocycles. The standard InChI is InChI=1S/C14H8BrClN2O2/c15-9-3-4-11-10(6-9)12(19)14(20)18(11)7-8-2-1-5-17-13(8)16/h1-6H,7H2. The molecule has 0 bridgehead atoms. The lowest BCUT2D eigenvalue weighted by Gasteiger charge is -2.16. The van der Waals surface area contributed by atoms with Crippen LogP contribution in [0.4, 0.5) is 5.69 Å². The van der Waals surface area contributed by atoms with Gasteiger partial charge < -0.3 is 4.90 Å². The molecule has 0 saturated carbocycles. The van der Waals surface area contributed by atoms with Crippen molar-refractivity contribution in [3.05, 3.63) is 57.3 Å². The SMILES string of the molecule is O=C1C(=O)N(Cc2cccnc2Cl)c2ccc(Br)cc21. The molecular weight excluding hydrogens is 344 g/mol. The summed E-state index contributed by atoms with van der Waals surface area (Å²) in [6.45, 7) is 0.228.